The van der Waals surface area contributed by atoms with E-state index in [1.807, 2.05) is 12.1 Å². The molecule has 0 bridgehead atoms. The Morgan fingerprint density at radius 2 is 2.00 bits per heavy atom. The lowest BCUT2D eigenvalue weighted by Gasteiger charge is -2.23. The lowest BCUT2D eigenvalue weighted by molar-refractivity contribution is -0.386. The first-order chi connectivity index (χ1) is 12.5. The quantitative estimate of drug-likeness (QED) is 0.619. The topological polar surface area (TPSA) is 64.8 Å². The Kier molecular flexibility index (Phi) is 5.13. The molecule has 6 nitrogen and oxygen atoms in total. The van der Waals surface area contributed by atoms with Gasteiger partial charge in [-0.1, -0.05) is 29.8 Å². The normalized spacial score (nSPS) is 17.3. The SMILES string of the molecule is COc1cc2c(c([N+](=O)[O-])c1OC)CCN(C)C[C@H]2c1cccc(C)c1. The Bertz CT molecular complexity index is 835. The number of nitro groups is 1. The number of nitro benzene ring substituents is 1. The van der Waals surface area contributed by atoms with Gasteiger partial charge >= 0.3 is 5.69 Å². The predicted molar refractivity (Wildman–Crippen MR) is 100 cm³/mol. The lowest BCUT2D eigenvalue weighted by atomic mass is 9.86. The van der Waals surface area contributed by atoms with Crippen LogP contribution in [0.2, 0.25) is 0 Å². The summed E-state index contributed by atoms with van der Waals surface area (Å²) in [5.74, 6) is 0.639. The molecule has 0 aromatic heterocycles. The third kappa shape index (κ3) is 3.24. The van der Waals surface area contributed by atoms with Crippen molar-refractivity contribution in [1.82, 2.24) is 4.90 Å². The van der Waals surface area contributed by atoms with Gasteiger partial charge in [-0.05, 0) is 37.6 Å². The fraction of sp³-hybridized carbons (Fsp3) is 0.400. The summed E-state index contributed by atoms with van der Waals surface area (Å²) >= 11 is 0. The molecule has 0 saturated heterocycles. The Hall–Kier alpha value is -2.60. The standard InChI is InChI=1S/C20H24N2O4/c1-13-6-5-7-14(10-13)17-12-21(2)9-8-15-16(17)11-18(25-3)20(26-4)19(15)22(23)24/h5-7,10-11,17H,8-9,12H2,1-4H3/t17-/m0/s1. The number of benzene rings is 2. The molecule has 0 fully saturated rings. The van der Waals surface area contributed by atoms with Crippen LogP contribution in [0.3, 0.4) is 0 Å². The van der Waals surface area contributed by atoms with E-state index in [0.717, 1.165) is 29.8 Å². The minimum Gasteiger partial charge on any atom is -0.493 e. The molecular weight excluding hydrogens is 332 g/mol. The number of aryl methyl sites for hydroxylation is 1. The molecule has 138 valence electrons. The molecule has 0 amide bonds. The molecule has 0 radical (unpaired) electrons. The first-order valence-corrected chi connectivity index (χ1v) is 8.63. The van der Waals surface area contributed by atoms with Crippen LogP contribution >= 0.6 is 0 Å². The highest BCUT2D eigenvalue weighted by Gasteiger charge is 2.34. The van der Waals surface area contributed by atoms with Crippen molar-refractivity contribution in [3.63, 3.8) is 0 Å². The highest BCUT2D eigenvalue weighted by Crippen LogP contribution is 2.46. The van der Waals surface area contributed by atoms with Crippen LogP contribution in [0.4, 0.5) is 5.69 Å². The van der Waals surface area contributed by atoms with E-state index in [-0.39, 0.29) is 22.3 Å². The first-order valence-electron chi connectivity index (χ1n) is 8.63. The second kappa shape index (κ2) is 7.33. The summed E-state index contributed by atoms with van der Waals surface area (Å²) in [5, 5.41) is 11.9. The van der Waals surface area contributed by atoms with Gasteiger partial charge in [-0.25, -0.2) is 0 Å². The smallest absolute Gasteiger partial charge is 0.318 e. The zero-order chi connectivity index (χ0) is 18.8. The number of likely N-dealkylation sites (N-methyl/N-ethyl adjacent to an activating group) is 1. The van der Waals surface area contributed by atoms with Gasteiger partial charge in [0.15, 0.2) is 5.75 Å². The van der Waals surface area contributed by atoms with Crippen LogP contribution in [0.25, 0.3) is 0 Å². The maximum atomic E-state index is 11.9. The van der Waals surface area contributed by atoms with Crippen molar-refractivity contribution in [2.45, 2.75) is 19.3 Å². The maximum absolute atomic E-state index is 11.9. The summed E-state index contributed by atoms with van der Waals surface area (Å²) in [4.78, 5) is 13.7. The molecule has 0 N–H and O–H groups in total. The molecule has 0 unspecified atom stereocenters. The molecule has 0 spiro atoms. The van der Waals surface area contributed by atoms with E-state index in [2.05, 4.69) is 37.1 Å². The maximum Gasteiger partial charge on any atom is 0.318 e. The molecule has 2 aromatic carbocycles. The van der Waals surface area contributed by atoms with E-state index in [1.165, 1.54) is 19.8 Å². The van der Waals surface area contributed by atoms with Crippen LogP contribution in [0.5, 0.6) is 11.5 Å². The van der Waals surface area contributed by atoms with Crippen molar-refractivity contribution in [2.75, 3.05) is 34.4 Å². The molecule has 0 saturated carbocycles. The number of nitrogens with zero attached hydrogens (tertiary/aromatic N) is 2. The molecule has 1 aliphatic heterocycles. The van der Waals surface area contributed by atoms with Crippen LogP contribution in [0, 0.1) is 17.0 Å². The van der Waals surface area contributed by atoms with E-state index in [4.69, 9.17) is 9.47 Å². The van der Waals surface area contributed by atoms with Gasteiger partial charge in [-0.2, -0.15) is 0 Å². The van der Waals surface area contributed by atoms with Crippen molar-refractivity contribution >= 4 is 5.69 Å². The molecule has 3 rings (SSSR count). The third-order valence-corrected chi connectivity index (χ3v) is 5.02. The van der Waals surface area contributed by atoms with E-state index < -0.39 is 0 Å². The van der Waals surface area contributed by atoms with Gasteiger partial charge in [0.1, 0.15) is 0 Å². The summed E-state index contributed by atoms with van der Waals surface area (Å²) in [5.41, 5.74) is 4.04. The summed E-state index contributed by atoms with van der Waals surface area (Å²) in [6.45, 7) is 3.61. The van der Waals surface area contributed by atoms with Crippen molar-refractivity contribution in [1.29, 1.82) is 0 Å². The van der Waals surface area contributed by atoms with Crippen molar-refractivity contribution in [3.05, 3.63) is 62.7 Å². The number of hydrogen-bond donors (Lipinski definition) is 0. The van der Waals surface area contributed by atoms with Crippen molar-refractivity contribution in [3.8, 4) is 11.5 Å². The Morgan fingerprint density at radius 1 is 1.23 bits per heavy atom. The first kappa shape index (κ1) is 18.2. The largest absolute Gasteiger partial charge is 0.493 e. The van der Waals surface area contributed by atoms with E-state index in [0.29, 0.717) is 12.2 Å². The number of methoxy groups -OCH3 is 2. The van der Waals surface area contributed by atoms with Crippen molar-refractivity contribution < 1.29 is 14.4 Å². The van der Waals surface area contributed by atoms with E-state index in [1.54, 1.807) is 0 Å². The highest BCUT2D eigenvalue weighted by molar-refractivity contribution is 5.65. The van der Waals surface area contributed by atoms with Gasteiger partial charge in [0.25, 0.3) is 0 Å². The number of ether oxygens (including phenoxy) is 2. The minimum atomic E-state index is -0.348. The van der Waals surface area contributed by atoms with Crippen LogP contribution in [-0.4, -0.2) is 44.2 Å². The molecule has 1 atom stereocenters. The lowest BCUT2D eigenvalue weighted by Crippen LogP contribution is -2.24. The van der Waals surface area contributed by atoms with Gasteiger partial charge in [0.05, 0.1) is 19.1 Å². The van der Waals surface area contributed by atoms with Gasteiger partial charge in [0.2, 0.25) is 5.75 Å². The Labute approximate surface area is 153 Å². The summed E-state index contributed by atoms with van der Waals surface area (Å²) < 4.78 is 10.8. The molecule has 2 aromatic rings. The van der Waals surface area contributed by atoms with Gasteiger partial charge < -0.3 is 14.4 Å². The van der Waals surface area contributed by atoms with Gasteiger partial charge in [-0.3, -0.25) is 10.1 Å². The zero-order valence-electron chi connectivity index (χ0n) is 15.6. The Balaban J connectivity index is 2.29. The monoisotopic (exact) mass is 356 g/mol. The summed E-state index contributed by atoms with van der Waals surface area (Å²) in [6.07, 6.45) is 0.602. The fourth-order valence-corrected chi connectivity index (χ4v) is 3.78. The molecule has 0 aliphatic carbocycles. The highest BCUT2D eigenvalue weighted by atomic mass is 16.6. The second-order valence-electron chi connectivity index (χ2n) is 6.76. The summed E-state index contributed by atoms with van der Waals surface area (Å²) in [6, 6.07) is 10.2. The van der Waals surface area contributed by atoms with Crippen LogP contribution in [0.1, 0.15) is 28.2 Å². The van der Waals surface area contributed by atoms with Crippen LogP contribution in [-0.2, 0) is 6.42 Å². The summed E-state index contributed by atoms with van der Waals surface area (Å²) in [7, 11) is 5.01. The van der Waals surface area contributed by atoms with E-state index in [9.17, 15) is 10.1 Å². The average Bonchev–Trinajstić information content (AvgIpc) is 2.78. The second-order valence-corrected chi connectivity index (χ2v) is 6.76. The van der Waals surface area contributed by atoms with Gasteiger partial charge in [0, 0.05) is 24.6 Å². The van der Waals surface area contributed by atoms with Gasteiger partial charge in [-0.15, -0.1) is 0 Å². The predicted octanol–water partition coefficient (Wildman–Crippen LogP) is 3.54. The van der Waals surface area contributed by atoms with E-state index >= 15 is 0 Å². The Morgan fingerprint density at radius 3 is 2.62 bits per heavy atom. The van der Waals surface area contributed by atoms with Crippen LogP contribution in [0.15, 0.2) is 30.3 Å². The number of fused-ring (bicyclic) bond motifs is 1. The number of hydrogen-bond acceptors (Lipinski definition) is 5. The molecule has 1 heterocycles. The fourth-order valence-electron chi connectivity index (χ4n) is 3.78. The van der Waals surface area contributed by atoms with Crippen molar-refractivity contribution in [2.24, 2.45) is 0 Å². The molecule has 1 aliphatic rings. The molecule has 26 heavy (non-hydrogen) atoms. The number of rotatable bonds is 4. The molecule has 6 heteroatoms. The molecular formula is C20H24N2O4. The minimum absolute atomic E-state index is 0.0230. The average molecular weight is 356 g/mol. The zero-order valence-corrected chi connectivity index (χ0v) is 15.6. The third-order valence-electron chi connectivity index (χ3n) is 5.02. The van der Waals surface area contributed by atoms with Crippen LogP contribution < -0.4 is 9.47 Å².